The molecule has 0 bridgehead atoms. The molecule has 0 saturated heterocycles. The molecule has 0 saturated carbocycles. The second-order valence-electron chi connectivity index (χ2n) is 8.56. The number of aromatic amines is 1. The van der Waals surface area contributed by atoms with Crippen LogP contribution in [0.1, 0.15) is 57.5 Å². The molecule has 3 amide bonds. The van der Waals surface area contributed by atoms with Crippen LogP contribution in [0.25, 0.3) is 10.9 Å². The number of methoxy groups -OCH3 is 1. The van der Waals surface area contributed by atoms with Crippen LogP contribution in [0.15, 0.2) is 48.7 Å². The maximum absolute atomic E-state index is 13.0. The van der Waals surface area contributed by atoms with Crippen molar-refractivity contribution in [3.8, 4) is 0 Å². The highest BCUT2D eigenvalue weighted by Crippen LogP contribution is 2.29. The number of H-pyrrole nitrogens is 1. The third kappa shape index (κ3) is 4.95. The summed E-state index contributed by atoms with van der Waals surface area (Å²) >= 11 is 0. The van der Waals surface area contributed by atoms with Crippen LogP contribution in [0.5, 0.6) is 0 Å². The van der Waals surface area contributed by atoms with Gasteiger partial charge in [0.15, 0.2) is 0 Å². The molecule has 9 heteroatoms. The predicted octanol–water partition coefficient (Wildman–Crippen LogP) is 3.16. The van der Waals surface area contributed by atoms with Crippen LogP contribution < -0.4 is 5.48 Å². The molecule has 1 aliphatic heterocycles. The average molecular weight is 478 g/mol. The molecule has 1 aliphatic rings. The summed E-state index contributed by atoms with van der Waals surface area (Å²) in [6.07, 6.45) is 5.41. The fraction of sp³-hybridized carbons (Fsp3) is 0.308. The van der Waals surface area contributed by atoms with Crippen molar-refractivity contribution in [3.63, 3.8) is 0 Å². The number of aryl methyl sites for hydroxylation is 1. The van der Waals surface area contributed by atoms with Gasteiger partial charge in [0.1, 0.15) is 6.04 Å². The fourth-order valence-corrected chi connectivity index (χ4v) is 4.51. The molecule has 0 radical (unpaired) electrons. The molecule has 35 heavy (non-hydrogen) atoms. The van der Waals surface area contributed by atoms with E-state index >= 15 is 0 Å². The summed E-state index contributed by atoms with van der Waals surface area (Å²) in [6, 6.07) is 11.5. The molecular formula is C26H27N3O6. The van der Waals surface area contributed by atoms with E-state index in [4.69, 9.17) is 9.94 Å². The van der Waals surface area contributed by atoms with E-state index in [1.807, 2.05) is 18.2 Å². The van der Waals surface area contributed by atoms with Crippen molar-refractivity contribution in [2.75, 3.05) is 7.11 Å². The number of carbonyl (C=O) groups excluding carboxylic acids is 4. The molecule has 2 heterocycles. The number of nitrogens with zero attached hydrogens (tertiary/aromatic N) is 1. The molecule has 0 aliphatic carbocycles. The topological polar surface area (TPSA) is 129 Å². The minimum absolute atomic E-state index is 0.123. The van der Waals surface area contributed by atoms with Gasteiger partial charge >= 0.3 is 5.97 Å². The Labute approximate surface area is 202 Å². The summed E-state index contributed by atoms with van der Waals surface area (Å²) in [5.41, 5.74) is 4.98. The lowest BCUT2D eigenvalue weighted by Gasteiger charge is -2.23. The smallest absolute Gasteiger partial charge is 0.329 e. The number of hydrogen-bond acceptors (Lipinski definition) is 6. The number of hydrogen-bond donors (Lipinski definition) is 3. The summed E-state index contributed by atoms with van der Waals surface area (Å²) < 4.78 is 4.97. The minimum Gasteiger partial charge on any atom is -0.467 e. The first-order chi connectivity index (χ1) is 16.9. The maximum Gasteiger partial charge on any atom is 0.329 e. The minimum atomic E-state index is -1.09. The number of imide groups is 1. The van der Waals surface area contributed by atoms with Crippen LogP contribution >= 0.6 is 0 Å². The lowest BCUT2D eigenvalue weighted by molar-refractivity contribution is -0.145. The number of hydroxylamine groups is 1. The Kier molecular flexibility index (Phi) is 7.26. The third-order valence-corrected chi connectivity index (χ3v) is 6.35. The normalized spacial score (nSPS) is 13.7. The van der Waals surface area contributed by atoms with Crippen LogP contribution in [0.2, 0.25) is 0 Å². The van der Waals surface area contributed by atoms with Gasteiger partial charge in [0.2, 0.25) is 5.91 Å². The van der Waals surface area contributed by atoms with Gasteiger partial charge < -0.3 is 9.72 Å². The van der Waals surface area contributed by atoms with E-state index in [0.717, 1.165) is 46.2 Å². The Balaban J connectivity index is 1.52. The molecule has 0 fully saturated rings. The van der Waals surface area contributed by atoms with Crippen LogP contribution in [0.3, 0.4) is 0 Å². The molecule has 3 N–H and O–H groups in total. The number of nitrogens with one attached hydrogen (secondary N) is 2. The maximum atomic E-state index is 13.0. The molecule has 4 rings (SSSR count). The van der Waals surface area contributed by atoms with E-state index < -0.39 is 23.8 Å². The zero-order valence-electron chi connectivity index (χ0n) is 19.4. The first kappa shape index (κ1) is 24.2. The van der Waals surface area contributed by atoms with Crippen molar-refractivity contribution < 1.29 is 29.1 Å². The number of fused-ring (bicyclic) bond motifs is 2. The van der Waals surface area contributed by atoms with Crippen molar-refractivity contribution in [1.29, 1.82) is 0 Å². The first-order valence-electron chi connectivity index (χ1n) is 11.5. The lowest BCUT2D eigenvalue weighted by Crippen LogP contribution is -2.46. The van der Waals surface area contributed by atoms with E-state index in [9.17, 15) is 19.2 Å². The Bertz CT molecular complexity index is 1250. The predicted molar refractivity (Wildman–Crippen MR) is 127 cm³/mol. The summed E-state index contributed by atoms with van der Waals surface area (Å²) in [4.78, 5) is 54.0. The molecule has 0 spiro atoms. The van der Waals surface area contributed by atoms with E-state index in [-0.39, 0.29) is 29.9 Å². The molecule has 1 unspecified atom stereocenters. The standard InChI is InChI=1S/C26H27N3O6/c1-35-26(33)22(29-24(31)18-8-5-6-9-19(18)25(29)32)14-17-15-27-21-12-11-16(13-20(17)21)7-3-2-4-10-23(30)28-34/h5-6,8-9,11-13,15,22,27,34H,2-4,7,10,14H2,1H3,(H,28,30). The molecule has 2 aromatic carbocycles. The van der Waals surface area contributed by atoms with Gasteiger partial charge in [0.05, 0.1) is 18.2 Å². The number of carbonyl (C=O) groups is 4. The second-order valence-corrected chi connectivity index (χ2v) is 8.56. The second kappa shape index (κ2) is 10.5. The van der Waals surface area contributed by atoms with Gasteiger partial charge in [-0.1, -0.05) is 24.6 Å². The number of unbranched alkanes of at least 4 members (excludes halogenated alkanes) is 2. The van der Waals surface area contributed by atoms with Crippen LogP contribution in [0.4, 0.5) is 0 Å². The zero-order chi connectivity index (χ0) is 24.9. The van der Waals surface area contributed by atoms with Crippen molar-refractivity contribution in [2.24, 2.45) is 0 Å². The van der Waals surface area contributed by atoms with Gasteiger partial charge in [0, 0.05) is 29.9 Å². The monoisotopic (exact) mass is 477 g/mol. The number of ether oxygens (including phenoxy) is 1. The zero-order valence-corrected chi connectivity index (χ0v) is 19.4. The number of amides is 3. The molecule has 182 valence electrons. The number of rotatable bonds is 10. The van der Waals surface area contributed by atoms with E-state index in [1.54, 1.807) is 35.9 Å². The summed E-state index contributed by atoms with van der Waals surface area (Å²) in [5, 5.41) is 9.47. The van der Waals surface area contributed by atoms with Gasteiger partial charge in [-0.3, -0.25) is 24.5 Å². The Morgan fingerprint density at radius 2 is 1.77 bits per heavy atom. The van der Waals surface area contributed by atoms with Gasteiger partial charge in [-0.05, 0) is 54.7 Å². The quantitative estimate of drug-likeness (QED) is 0.135. The highest BCUT2D eigenvalue weighted by atomic mass is 16.5. The Morgan fingerprint density at radius 3 is 2.43 bits per heavy atom. The van der Waals surface area contributed by atoms with Gasteiger partial charge in [-0.15, -0.1) is 0 Å². The van der Waals surface area contributed by atoms with Crippen molar-refractivity contribution in [1.82, 2.24) is 15.4 Å². The van der Waals surface area contributed by atoms with E-state index in [2.05, 4.69) is 4.98 Å². The fourth-order valence-electron chi connectivity index (χ4n) is 4.51. The summed E-state index contributed by atoms with van der Waals surface area (Å²) in [5.74, 6) is -2.05. The van der Waals surface area contributed by atoms with Gasteiger partial charge in [0.25, 0.3) is 11.8 Å². The SMILES string of the molecule is COC(=O)C(Cc1c[nH]c2ccc(CCCCCC(=O)NO)cc12)N1C(=O)c2ccccc2C1=O. The first-order valence-corrected chi connectivity index (χ1v) is 11.5. The third-order valence-electron chi connectivity index (χ3n) is 6.35. The highest BCUT2D eigenvalue weighted by molar-refractivity contribution is 6.22. The molecule has 9 nitrogen and oxygen atoms in total. The molecule has 1 aromatic heterocycles. The van der Waals surface area contributed by atoms with Crippen LogP contribution in [-0.2, 0) is 27.2 Å². The summed E-state index contributed by atoms with van der Waals surface area (Å²) in [7, 11) is 1.24. The van der Waals surface area contributed by atoms with Crippen molar-refractivity contribution in [2.45, 2.75) is 44.6 Å². The van der Waals surface area contributed by atoms with E-state index in [0.29, 0.717) is 6.42 Å². The van der Waals surface area contributed by atoms with Crippen LogP contribution in [-0.4, -0.2) is 51.9 Å². The Morgan fingerprint density at radius 1 is 1.06 bits per heavy atom. The Hall–Kier alpha value is -3.98. The van der Waals surface area contributed by atoms with Crippen molar-refractivity contribution >= 4 is 34.6 Å². The van der Waals surface area contributed by atoms with Gasteiger partial charge in [-0.2, -0.15) is 0 Å². The molecule has 3 aromatic rings. The highest BCUT2D eigenvalue weighted by Gasteiger charge is 2.43. The van der Waals surface area contributed by atoms with E-state index in [1.165, 1.54) is 7.11 Å². The summed E-state index contributed by atoms with van der Waals surface area (Å²) in [6.45, 7) is 0. The van der Waals surface area contributed by atoms with Crippen molar-refractivity contribution in [3.05, 3.63) is 70.9 Å². The molecular weight excluding hydrogens is 450 g/mol. The molecule has 1 atom stereocenters. The number of aromatic nitrogens is 1. The van der Waals surface area contributed by atoms with Gasteiger partial charge in [-0.25, -0.2) is 10.3 Å². The van der Waals surface area contributed by atoms with Crippen LogP contribution in [0, 0.1) is 0 Å². The number of benzene rings is 2. The largest absolute Gasteiger partial charge is 0.467 e. The average Bonchev–Trinajstić information content (AvgIpc) is 3.39. The number of esters is 1. The lowest BCUT2D eigenvalue weighted by atomic mass is 10.00.